The third-order valence-corrected chi connectivity index (χ3v) is 4.50. The number of thioether (sulfide) groups is 1. The first-order valence-electron chi connectivity index (χ1n) is 7.18. The van der Waals surface area contributed by atoms with E-state index in [2.05, 4.69) is 37.3 Å². The molecule has 0 spiro atoms. The molecule has 0 radical (unpaired) electrons. The van der Waals surface area contributed by atoms with E-state index in [-0.39, 0.29) is 5.54 Å². The van der Waals surface area contributed by atoms with Crippen LogP contribution in [-0.4, -0.2) is 29.2 Å². The number of halogens is 1. The lowest BCUT2D eigenvalue weighted by Crippen LogP contribution is -2.39. The maximum atomic E-state index is 6.01. The molecule has 2 rings (SSSR count). The highest BCUT2D eigenvalue weighted by Crippen LogP contribution is 2.31. The SMILES string of the molecule is COc1ccc(Br)cc1CSc1nccnc1NCC(C)(C)N. The van der Waals surface area contributed by atoms with Crippen molar-refractivity contribution in [2.45, 2.75) is 30.2 Å². The van der Waals surface area contributed by atoms with E-state index in [1.165, 1.54) is 0 Å². The van der Waals surface area contributed by atoms with Crippen molar-refractivity contribution in [2.75, 3.05) is 19.0 Å². The summed E-state index contributed by atoms with van der Waals surface area (Å²) in [5.74, 6) is 2.36. The molecule has 1 heterocycles. The maximum Gasteiger partial charge on any atom is 0.158 e. The Morgan fingerprint density at radius 2 is 2.04 bits per heavy atom. The first-order chi connectivity index (χ1) is 10.9. The van der Waals surface area contributed by atoms with Gasteiger partial charge in [-0.15, -0.1) is 0 Å². The van der Waals surface area contributed by atoms with Gasteiger partial charge in [-0.1, -0.05) is 27.7 Å². The number of methoxy groups -OCH3 is 1. The first-order valence-corrected chi connectivity index (χ1v) is 8.96. The molecule has 0 amide bonds. The predicted molar refractivity (Wildman–Crippen MR) is 99.0 cm³/mol. The lowest BCUT2D eigenvalue weighted by atomic mass is 10.1. The van der Waals surface area contributed by atoms with Crippen LogP contribution < -0.4 is 15.8 Å². The highest BCUT2D eigenvalue weighted by Gasteiger charge is 2.13. The topological polar surface area (TPSA) is 73.1 Å². The van der Waals surface area contributed by atoms with E-state index in [1.54, 1.807) is 31.3 Å². The highest BCUT2D eigenvalue weighted by molar-refractivity contribution is 9.10. The summed E-state index contributed by atoms with van der Waals surface area (Å²) in [6, 6.07) is 5.97. The maximum absolute atomic E-state index is 6.01. The number of nitrogens with one attached hydrogen (secondary N) is 1. The fraction of sp³-hybridized carbons (Fsp3) is 0.375. The number of ether oxygens (including phenoxy) is 1. The number of aromatic nitrogens is 2. The van der Waals surface area contributed by atoms with Gasteiger partial charge in [0, 0.05) is 40.3 Å². The van der Waals surface area contributed by atoms with Crippen LogP contribution in [0.4, 0.5) is 5.82 Å². The van der Waals surface area contributed by atoms with Crippen LogP contribution in [-0.2, 0) is 5.75 Å². The Kier molecular flexibility index (Phi) is 6.26. The van der Waals surface area contributed by atoms with Crippen LogP contribution in [0, 0.1) is 0 Å². The average Bonchev–Trinajstić information content (AvgIpc) is 2.51. The molecule has 0 saturated carbocycles. The largest absolute Gasteiger partial charge is 0.496 e. The Hall–Kier alpha value is -1.31. The van der Waals surface area contributed by atoms with E-state index < -0.39 is 0 Å². The lowest BCUT2D eigenvalue weighted by Gasteiger charge is -2.20. The second-order valence-corrected chi connectivity index (χ2v) is 7.68. The molecule has 0 saturated heterocycles. The van der Waals surface area contributed by atoms with Crippen molar-refractivity contribution >= 4 is 33.5 Å². The van der Waals surface area contributed by atoms with E-state index in [0.29, 0.717) is 6.54 Å². The zero-order chi connectivity index (χ0) is 16.9. The predicted octanol–water partition coefficient (Wildman–Crippen LogP) is 3.69. The fourth-order valence-corrected chi connectivity index (χ4v) is 3.19. The number of benzene rings is 1. The minimum atomic E-state index is -0.313. The van der Waals surface area contributed by atoms with E-state index in [4.69, 9.17) is 10.5 Å². The van der Waals surface area contributed by atoms with Crippen molar-refractivity contribution in [1.29, 1.82) is 0 Å². The number of hydrogen-bond donors (Lipinski definition) is 2. The number of rotatable bonds is 7. The molecule has 23 heavy (non-hydrogen) atoms. The Balaban J connectivity index is 2.10. The van der Waals surface area contributed by atoms with E-state index in [1.807, 2.05) is 26.0 Å². The summed E-state index contributed by atoms with van der Waals surface area (Å²) in [6.45, 7) is 4.56. The molecule has 0 aliphatic rings. The summed E-state index contributed by atoms with van der Waals surface area (Å²) in [7, 11) is 1.68. The monoisotopic (exact) mass is 396 g/mol. The molecule has 0 bridgehead atoms. The van der Waals surface area contributed by atoms with Gasteiger partial charge >= 0.3 is 0 Å². The van der Waals surface area contributed by atoms with E-state index in [0.717, 1.165) is 32.4 Å². The van der Waals surface area contributed by atoms with Gasteiger partial charge in [0.1, 0.15) is 10.8 Å². The smallest absolute Gasteiger partial charge is 0.158 e. The van der Waals surface area contributed by atoms with Gasteiger partial charge in [-0.3, -0.25) is 0 Å². The zero-order valence-corrected chi connectivity index (χ0v) is 15.9. The molecule has 7 heteroatoms. The number of nitrogens with two attached hydrogens (primary N) is 1. The van der Waals surface area contributed by atoms with Gasteiger partial charge in [0.05, 0.1) is 7.11 Å². The highest BCUT2D eigenvalue weighted by atomic mass is 79.9. The van der Waals surface area contributed by atoms with E-state index in [9.17, 15) is 0 Å². The summed E-state index contributed by atoms with van der Waals surface area (Å²) >= 11 is 5.11. The van der Waals surface area contributed by atoms with Crippen molar-refractivity contribution in [3.05, 3.63) is 40.6 Å². The normalized spacial score (nSPS) is 11.3. The summed E-state index contributed by atoms with van der Waals surface area (Å²) in [5.41, 5.74) is 6.80. The third kappa shape index (κ3) is 5.67. The molecule has 0 aliphatic heterocycles. The first kappa shape index (κ1) is 18.0. The minimum Gasteiger partial charge on any atom is -0.496 e. The Bertz CT molecular complexity index is 661. The second kappa shape index (κ2) is 7.99. The molecular weight excluding hydrogens is 376 g/mol. The molecule has 0 aliphatic carbocycles. The van der Waals surface area contributed by atoms with Gasteiger partial charge in [-0.05, 0) is 32.0 Å². The van der Waals surface area contributed by atoms with Crippen molar-refractivity contribution in [2.24, 2.45) is 5.73 Å². The van der Waals surface area contributed by atoms with Crippen LogP contribution in [0.1, 0.15) is 19.4 Å². The van der Waals surface area contributed by atoms with Crippen LogP contribution in [0.15, 0.2) is 40.1 Å². The second-order valence-electron chi connectivity index (χ2n) is 5.80. The molecule has 0 atom stereocenters. The summed E-state index contributed by atoms with van der Waals surface area (Å²) in [5, 5.41) is 4.12. The molecule has 3 N–H and O–H groups in total. The third-order valence-electron chi connectivity index (χ3n) is 2.98. The van der Waals surface area contributed by atoms with Crippen LogP contribution in [0.3, 0.4) is 0 Å². The van der Waals surface area contributed by atoms with Gasteiger partial charge in [0.2, 0.25) is 0 Å². The molecular formula is C16H21BrN4OS. The Morgan fingerprint density at radius 1 is 1.30 bits per heavy atom. The van der Waals surface area contributed by atoms with Crippen LogP contribution in [0.25, 0.3) is 0 Å². The van der Waals surface area contributed by atoms with Gasteiger partial charge < -0.3 is 15.8 Å². The summed E-state index contributed by atoms with van der Waals surface area (Å²) < 4.78 is 6.43. The number of anilines is 1. The van der Waals surface area contributed by atoms with Crippen molar-refractivity contribution < 1.29 is 4.74 Å². The van der Waals surface area contributed by atoms with Crippen LogP contribution in [0.2, 0.25) is 0 Å². The van der Waals surface area contributed by atoms with E-state index >= 15 is 0 Å². The van der Waals surface area contributed by atoms with Crippen molar-refractivity contribution in [3.8, 4) is 5.75 Å². The zero-order valence-electron chi connectivity index (χ0n) is 13.5. The Labute approximate surface area is 149 Å². The average molecular weight is 397 g/mol. The summed E-state index contributed by atoms with van der Waals surface area (Å²) in [4.78, 5) is 8.78. The van der Waals surface area contributed by atoms with Gasteiger partial charge in [-0.25, -0.2) is 9.97 Å². The molecule has 1 aromatic carbocycles. The molecule has 0 unspecified atom stereocenters. The Morgan fingerprint density at radius 3 is 2.74 bits per heavy atom. The number of hydrogen-bond acceptors (Lipinski definition) is 6. The van der Waals surface area contributed by atoms with Gasteiger partial charge in [-0.2, -0.15) is 0 Å². The lowest BCUT2D eigenvalue weighted by molar-refractivity contribution is 0.411. The molecule has 1 aromatic heterocycles. The van der Waals surface area contributed by atoms with Crippen LogP contribution >= 0.6 is 27.7 Å². The minimum absolute atomic E-state index is 0.313. The molecule has 5 nitrogen and oxygen atoms in total. The fourth-order valence-electron chi connectivity index (χ4n) is 1.87. The van der Waals surface area contributed by atoms with Crippen molar-refractivity contribution in [3.63, 3.8) is 0 Å². The molecule has 124 valence electrons. The summed E-state index contributed by atoms with van der Waals surface area (Å²) in [6.07, 6.45) is 3.37. The number of nitrogens with zero attached hydrogens (tertiary/aromatic N) is 2. The standard InChI is InChI=1S/C16H21BrN4OS/c1-16(2,18)10-21-14-15(20-7-6-19-14)23-9-11-8-12(17)4-5-13(11)22-3/h4-8H,9-10,18H2,1-3H3,(H,19,21). The quantitative estimate of drug-likeness (QED) is 0.695. The molecule has 0 fully saturated rings. The van der Waals surface area contributed by atoms with Gasteiger partial charge in [0.25, 0.3) is 0 Å². The van der Waals surface area contributed by atoms with Crippen LogP contribution in [0.5, 0.6) is 5.75 Å². The molecule has 2 aromatic rings. The van der Waals surface area contributed by atoms with Crippen molar-refractivity contribution in [1.82, 2.24) is 9.97 Å². The van der Waals surface area contributed by atoms with Gasteiger partial charge in [0.15, 0.2) is 5.82 Å².